The Hall–Kier alpha value is -2.61. The van der Waals surface area contributed by atoms with E-state index >= 15 is 0 Å². The molecule has 0 radical (unpaired) electrons. The summed E-state index contributed by atoms with van der Waals surface area (Å²) in [5.41, 5.74) is 2.52. The molecule has 3 aromatic rings. The Bertz CT molecular complexity index is 1150. The second-order valence-corrected chi connectivity index (χ2v) is 8.86. The molecule has 0 atom stereocenters. The third-order valence-electron chi connectivity index (χ3n) is 6.42. The number of nitrogens with zero attached hydrogens (tertiary/aromatic N) is 3. The van der Waals surface area contributed by atoms with Gasteiger partial charge in [-0.15, -0.1) is 10.2 Å². The van der Waals surface area contributed by atoms with Crippen LogP contribution in [-0.4, -0.2) is 30.6 Å². The molecule has 0 spiro atoms. The van der Waals surface area contributed by atoms with Crippen molar-refractivity contribution in [2.75, 3.05) is 0 Å². The van der Waals surface area contributed by atoms with Crippen LogP contribution in [-0.2, 0) is 19.0 Å². The van der Waals surface area contributed by atoms with Crippen molar-refractivity contribution in [2.45, 2.75) is 63.8 Å². The predicted octanol–water partition coefficient (Wildman–Crippen LogP) is 4.71. The lowest BCUT2D eigenvalue weighted by molar-refractivity contribution is -0.137. The van der Waals surface area contributed by atoms with Gasteiger partial charge >= 0.3 is 6.18 Å². The maximum Gasteiger partial charge on any atom is 0.416 e. The van der Waals surface area contributed by atoms with Crippen molar-refractivity contribution in [3.8, 4) is 17.0 Å². The topological polar surface area (TPSA) is 71.2 Å². The molecule has 2 aliphatic carbocycles. The summed E-state index contributed by atoms with van der Waals surface area (Å²) >= 11 is 0. The quantitative estimate of drug-likeness (QED) is 0.634. The lowest BCUT2D eigenvalue weighted by atomic mass is 9.77. The van der Waals surface area contributed by atoms with Crippen molar-refractivity contribution in [1.82, 2.24) is 14.8 Å². The third-order valence-corrected chi connectivity index (χ3v) is 6.42. The summed E-state index contributed by atoms with van der Waals surface area (Å²) in [6, 6.07) is 3.76. The second kappa shape index (κ2) is 6.20. The Balaban J connectivity index is 1.64. The van der Waals surface area contributed by atoms with Crippen molar-refractivity contribution < 1.29 is 23.4 Å². The Labute approximate surface area is 171 Å². The highest BCUT2D eigenvalue weighted by atomic mass is 19.4. The van der Waals surface area contributed by atoms with Gasteiger partial charge in [0.05, 0.1) is 16.9 Å². The number of aliphatic hydroxyl groups is 1. The van der Waals surface area contributed by atoms with Crippen molar-refractivity contribution in [3.63, 3.8) is 0 Å². The van der Waals surface area contributed by atoms with Crippen LogP contribution in [0.2, 0.25) is 0 Å². The van der Waals surface area contributed by atoms with E-state index in [1.165, 1.54) is 18.2 Å². The Kier molecular flexibility index (Phi) is 4.00. The van der Waals surface area contributed by atoms with Crippen molar-refractivity contribution in [3.05, 3.63) is 40.6 Å². The number of halogens is 3. The first kappa shape index (κ1) is 19.4. The summed E-state index contributed by atoms with van der Waals surface area (Å²) in [4.78, 5) is 0. The fourth-order valence-corrected chi connectivity index (χ4v) is 5.12. The van der Waals surface area contributed by atoms with Crippen molar-refractivity contribution in [2.24, 2.45) is 0 Å². The minimum atomic E-state index is -4.53. The molecule has 30 heavy (non-hydrogen) atoms. The van der Waals surface area contributed by atoms with Crippen molar-refractivity contribution in [1.29, 1.82) is 0 Å². The number of aromatic nitrogens is 3. The Morgan fingerprint density at radius 2 is 1.87 bits per heavy atom. The number of alkyl halides is 3. The van der Waals surface area contributed by atoms with E-state index in [1.807, 2.05) is 13.0 Å². The lowest BCUT2D eigenvalue weighted by Crippen LogP contribution is -2.42. The molecule has 0 bridgehead atoms. The number of fused-ring (bicyclic) bond motifs is 3. The van der Waals surface area contributed by atoms with E-state index in [9.17, 15) is 23.4 Å². The van der Waals surface area contributed by atoms with E-state index in [0.29, 0.717) is 24.1 Å². The molecule has 1 fully saturated rings. The highest BCUT2D eigenvalue weighted by molar-refractivity contribution is 5.87. The molecule has 2 N–H and O–H groups in total. The molecule has 2 aliphatic rings. The van der Waals surface area contributed by atoms with Gasteiger partial charge in [-0.25, -0.2) is 0 Å². The lowest BCUT2D eigenvalue weighted by Gasteiger charge is -2.42. The van der Waals surface area contributed by atoms with Crippen LogP contribution >= 0.6 is 0 Å². The van der Waals surface area contributed by atoms with E-state index < -0.39 is 23.1 Å². The van der Waals surface area contributed by atoms with Gasteiger partial charge in [0.15, 0.2) is 5.65 Å². The minimum absolute atomic E-state index is 0.172. The molecule has 1 aromatic carbocycles. The van der Waals surface area contributed by atoms with Gasteiger partial charge in [0, 0.05) is 22.7 Å². The Morgan fingerprint density at radius 1 is 1.13 bits per heavy atom. The maximum atomic E-state index is 13.1. The number of hydrogen-bond acceptors (Lipinski definition) is 4. The van der Waals surface area contributed by atoms with E-state index in [4.69, 9.17) is 0 Å². The van der Waals surface area contributed by atoms with Crippen LogP contribution in [0.1, 0.15) is 54.6 Å². The van der Waals surface area contributed by atoms with Gasteiger partial charge in [-0.1, -0.05) is 0 Å². The molecule has 2 heterocycles. The summed E-state index contributed by atoms with van der Waals surface area (Å²) < 4.78 is 41.3. The van der Waals surface area contributed by atoms with Crippen LogP contribution < -0.4 is 0 Å². The molecular weight excluding hydrogens is 395 g/mol. The number of rotatable bonds is 2. The van der Waals surface area contributed by atoms with Gasteiger partial charge in [0.2, 0.25) is 0 Å². The maximum absolute atomic E-state index is 13.1. The summed E-state index contributed by atoms with van der Waals surface area (Å²) in [7, 11) is 0. The van der Waals surface area contributed by atoms with Gasteiger partial charge in [0.1, 0.15) is 5.75 Å². The number of aryl methyl sites for hydroxylation is 2. The van der Waals surface area contributed by atoms with Gasteiger partial charge < -0.3 is 14.8 Å². The normalized spacial score (nSPS) is 23.6. The molecule has 1 saturated carbocycles. The van der Waals surface area contributed by atoms with Gasteiger partial charge in [-0.05, 0) is 75.3 Å². The van der Waals surface area contributed by atoms with Gasteiger partial charge in [0.25, 0.3) is 0 Å². The van der Waals surface area contributed by atoms with E-state index in [-0.39, 0.29) is 11.6 Å². The molecule has 0 amide bonds. The fraction of sp³-hybridized carbons (Fsp3) is 0.455. The zero-order chi connectivity index (χ0) is 21.4. The second-order valence-electron chi connectivity index (χ2n) is 8.86. The zero-order valence-electron chi connectivity index (χ0n) is 16.7. The first-order valence-corrected chi connectivity index (χ1v) is 10.1. The molecule has 2 aromatic heterocycles. The van der Waals surface area contributed by atoms with Crippen LogP contribution in [0, 0.1) is 6.92 Å². The van der Waals surface area contributed by atoms with E-state index in [0.717, 1.165) is 42.4 Å². The number of benzene rings is 1. The summed E-state index contributed by atoms with van der Waals surface area (Å²) in [6.07, 6.45) is -0.337. The highest BCUT2D eigenvalue weighted by Crippen LogP contribution is 2.46. The van der Waals surface area contributed by atoms with Crippen LogP contribution in [0.15, 0.2) is 18.2 Å². The SMILES string of the molecule is Cc1cc(C(F)(F)F)cc(O)c1-c1cc2c3c(n(C4CC(C)(O)C4)c2nn1)CCC3. The van der Waals surface area contributed by atoms with E-state index in [1.54, 1.807) is 0 Å². The number of aromatic hydroxyl groups is 1. The molecular formula is C22H22F3N3O2. The van der Waals surface area contributed by atoms with Crippen LogP contribution in [0.25, 0.3) is 22.3 Å². The summed E-state index contributed by atoms with van der Waals surface area (Å²) in [5, 5.41) is 30.1. The number of phenolic OH excluding ortho intramolecular Hbond substituents is 1. The average molecular weight is 417 g/mol. The molecule has 158 valence electrons. The van der Waals surface area contributed by atoms with E-state index in [2.05, 4.69) is 14.8 Å². The van der Waals surface area contributed by atoms with Crippen LogP contribution in [0.4, 0.5) is 13.2 Å². The molecule has 5 rings (SSSR count). The van der Waals surface area contributed by atoms with Crippen LogP contribution in [0.3, 0.4) is 0 Å². The largest absolute Gasteiger partial charge is 0.507 e. The zero-order valence-corrected chi connectivity index (χ0v) is 16.7. The summed E-state index contributed by atoms with van der Waals surface area (Å²) in [5.74, 6) is -0.456. The number of hydrogen-bond donors (Lipinski definition) is 2. The molecule has 5 nitrogen and oxygen atoms in total. The predicted molar refractivity (Wildman–Crippen MR) is 105 cm³/mol. The van der Waals surface area contributed by atoms with Crippen molar-refractivity contribution >= 4 is 11.0 Å². The standard InChI is InChI=1S/C22H22F3N3O2/c1-11-6-12(22(23,24)25)7-18(29)19(11)16-8-15-14-4-3-5-17(14)28(20(15)27-26-16)13-9-21(2,30)10-13/h6-8,13,29-30H,3-5,9-10H2,1-2H3. The van der Waals surface area contributed by atoms with Gasteiger partial charge in [-0.2, -0.15) is 13.2 Å². The Morgan fingerprint density at radius 3 is 2.50 bits per heavy atom. The fourth-order valence-electron chi connectivity index (χ4n) is 5.12. The third kappa shape index (κ3) is 2.88. The molecule has 8 heteroatoms. The minimum Gasteiger partial charge on any atom is -0.507 e. The van der Waals surface area contributed by atoms with Crippen LogP contribution in [0.5, 0.6) is 5.75 Å². The average Bonchev–Trinajstić information content (AvgIpc) is 3.19. The first-order valence-electron chi connectivity index (χ1n) is 10.1. The molecule has 0 aliphatic heterocycles. The monoisotopic (exact) mass is 417 g/mol. The summed E-state index contributed by atoms with van der Waals surface area (Å²) in [6.45, 7) is 3.36. The highest BCUT2D eigenvalue weighted by Gasteiger charge is 2.42. The molecule has 0 saturated heterocycles. The van der Waals surface area contributed by atoms with Gasteiger partial charge in [-0.3, -0.25) is 0 Å². The molecule has 0 unspecified atom stereocenters. The smallest absolute Gasteiger partial charge is 0.416 e. The number of phenols is 1. The first-order chi connectivity index (χ1) is 14.0.